The van der Waals surface area contributed by atoms with Crippen molar-refractivity contribution in [1.82, 2.24) is 0 Å². The minimum atomic E-state index is -6.98. The second-order valence-electron chi connectivity index (χ2n) is 3.25. The maximum Gasteiger partial charge on any atom is 0.384 e. The third-order valence-corrected chi connectivity index (χ3v) is 1.97. The Morgan fingerprint density at radius 1 is 0.778 bits per heavy atom. The van der Waals surface area contributed by atoms with Crippen molar-refractivity contribution in [3.05, 3.63) is 0 Å². The van der Waals surface area contributed by atoms with Crippen molar-refractivity contribution in [3.63, 3.8) is 0 Å². The zero-order valence-corrected chi connectivity index (χ0v) is 8.22. The van der Waals surface area contributed by atoms with Gasteiger partial charge >= 0.3 is 30.1 Å². The van der Waals surface area contributed by atoms with E-state index in [9.17, 15) is 43.9 Å². The van der Waals surface area contributed by atoms with Crippen LogP contribution in [-0.2, 0) is 0 Å². The van der Waals surface area contributed by atoms with Crippen molar-refractivity contribution in [1.29, 1.82) is 0 Å². The van der Waals surface area contributed by atoms with E-state index in [-0.39, 0.29) is 0 Å². The Kier molecular flexibility index (Phi) is 4.55. The third-order valence-electron chi connectivity index (χ3n) is 1.97. The molecule has 1 N–H and O–H groups in total. The van der Waals surface area contributed by atoms with Crippen LogP contribution in [0.4, 0.5) is 43.9 Å². The van der Waals surface area contributed by atoms with Crippen molar-refractivity contribution in [2.24, 2.45) is 0 Å². The molecule has 0 fully saturated rings. The maximum atomic E-state index is 12.6. The lowest BCUT2D eigenvalue weighted by Gasteiger charge is -2.36. The molecule has 0 atom stereocenters. The summed E-state index contributed by atoms with van der Waals surface area (Å²) in [6.45, 7) is -1.72. The van der Waals surface area contributed by atoms with Crippen LogP contribution in [0.5, 0.6) is 0 Å². The molecule has 0 spiro atoms. The number of hydrogen-bond acceptors (Lipinski definition) is 1. The normalized spacial score (nSPS) is 15.3. The Morgan fingerprint density at radius 2 is 1.17 bits per heavy atom. The molecular weight excluding hydrogens is 290 g/mol. The van der Waals surface area contributed by atoms with E-state index in [0.717, 1.165) is 0 Å². The van der Waals surface area contributed by atoms with Crippen molar-refractivity contribution in [2.75, 3.05) is 6.61 Å². The van der Waals surface area contributed by atoms with Crippen LogP contribution in [0.2, 0.25) is 0 Å². The molecule has 0 amide bonds. The van der Waals surface area contributed by atoms with Crippen LogP contribution in [-0.4, -0.2) is 41.8 Å². The Bertz CT molecular complexity index is 286. The van der Waals surface area contributed by atoms with Gasteiger partial charge in [0.2, 0.25) is 0 Å². The SMILES string of the molecule is OCCC(F)(F)C(F)(F)C(F)(F)C(F)(F)C(F)F. The Balaban J connectivity index is 5.58. The smallest absolute Gasteiger partial charge is 0.384 e. The highest BCUT2D eigenvalue weighted by Crippen LogP contribution is 2.54. The zero-order valence-electron chi connectivity index (χ0n) is 8.22. The Labute approximate surface area is 93.4 Å². The first-order valence-corrected chi connectivity index (χ1v) is 4.16. The van der Waals surface area contributed by atoms with E-state index >= 15 is 0 Å². The second-order valence-corrected chi connectivity index (χ2v) is 3.25. The van der Waals surface area contributed by atoms with Gasteiger partial charge in [-0.1, -0.05) is 0 Å². The molecule has 0 saturated carbocycles. The molecule has 0 aromatic heterocycles. The predicted molar refractivity (Wildman–Crippen MR) is 37.5 cm³/mol. The van der Waals surface area contributed by atoms with E-state index in [1.54, 1.807) is 0 Å². The molecule has 0 aliphatic rings. The van der Waals surface area contributed by atoms with E-state index in [0.29, 0.717) is 0 Å². The van der Waals surface area contributed by atoms with Gasteiger partial charge in [0.05, 0.1) is 0 Å². The van der Waals surface area contributed by atoms with Crippen LogP contribution < -0.4 is 0 Å². The van der Waals surface area contributed by atoms with Gasteiger partial charge in [0.15, 0.2) is 0 Å². The quantitative estimate of drug-likeness (QED) is 0.746. The molecule has 11 heteroatoms. The summed E-state index contributed by atoms with van der Waals surface area (Å²) in [6, 6.07) is 0. The number of halogens is 10. The highest BCUT2D eigenvalue weighted by Gasteiger charge is 2.82. The molecule has 0 bridgehead atoms. The van der Waals surface area contributed by atoms with Crippen LogP contribution in [0.25, 0.3) is 0 Å². The lowest BCUT2D eigenvalue weighted by atomic mass is 9.97. The fraction of sp³-hybridized carbons (Fsp3) is 1.00. The van der Waals surface area contributed by atoms with Gasteiger partial charge in [-0.05, 0) is 0 Å². The first-order valence-electron chi connectivity index (χ1n) is 4.16. The molecule has 0 saturated heterocycles. The van der Waals surface area contributed by atoms with E-state index < -0.39 is 43.1 Å². The fourth-order valence-electron chi connectivity index (χ4n) is 0.873. The van der Waals surface area contributed by atoms with E-state index in [2.05, 4.69) is 0 Å². The van der Waals surface area contributed by atoms with E-state index in [4.69, 9.17) is 5.11 Å². The molecule has 0 unspecified atom stereocenters. The van der Waals surface area contributed by atoms with Crippen LogP contribution >= 0.6 is 0 Å². The van der Waals surface area contributed by atoms with Gasteiger partial charge in [0.1, 0.15) is 0 Å². The lowest BCUT2D eigenvalue weighted by molar-refractivity contribution is -0.384. The first-order chi connectivity index (χ1) is 7.75. The van der Waals surface area contributed by atoms with Gasteiger partial charge in [0, 0.05) is 13.0 Å². The summed E-state index contributed by atoms with van der Waals surface area (Å²) < 4.78 is 123. The molecular formula is C7H6F10O. The molecule has 0 heterocycles. The highest BCUT2D eigenvalue weighted by atomic mass is 19.4. The molecule has 0 aliphatic heterocycles. The molecule has 0 aromatic rings. The molecule has 0 aromatic carbocycles. The van der Waals surface area contributed by atoms with Crippen LogP contribution in [0, 0.1) is 0 Å². The second kappa shape index (κ2) is 4.74. The number of hydrogen-bond donors (Lipinski definition) is 1. The minimum absolute atomic E-state index is 1.72. The van der Waals surface area contributed by atoms with Crippen molar-refractivity contribution >= 4 is 0 Å². The van der Waals surface area contributed by atoms with Gasteiger partial charge in [-0.2, -0.15) is 35.1 Å². The topological polar surface area (TPSA) is 20.2 Å². The fourth-order valence-corrected chi connectivity index (χ4v) is 0.873. The van der Waals surface area contributed by atoms with Crippen molar-refractivity contribution in [3.8, 4) is 0 Å². The van der Waals surface area contributed by atoms with E-state index in [1.807, 2.05) is 0 Å². The summed E-state index contributed by atoms with van der Waals surface area (Å²) in [6.07, 6.45) is -7.54. The van der Waals surface area contributed by atoms with Crippen LogP contribution in [0.1, 0.15) is 6.42 Å². The first kappa shape index (κ1) is 17.3. The summed E-state index contributed by atoms with van der Waals surface area (Å²) in [5.74, 6) is -26.1. The standard InChI is InChI=1S/C7H6F10O/c8-3(9)5(12,13)7(16,17)6(14,15)4(10,11)1-2-18/h3,18H,1-2H2. The number of alkyl halides is 10. The molecule has 110 valence electrons. The van der Waals surface area contributed by atoms with E-state index in [1.165, 1.54) is 0 Å². The third kappa shape index (κ3) is 2.36. The van der Waals surface area contributed by atoms with Crippen LogP contribution in [0.15, 0.2) is 0 Å². The number of aliphatic hydroxyl groups excluding tert-OH is 1. The summed E-state index contributed by atoms with van der Waals surface area (Å²) in [4.78, 5) is 0. The summed E-state index contributed by atoms with van der Waals surface area (Å²) in [5, 5.41) is 7.95. The zero-order chi connectivity index (χ0) is 15.0. The van der Waals surface area contributed by atoms with Crippen LogP contribution in [0.3, 0.4) is 0 Å². The van der Waals surface area contributed by atoms with Gasteiger partial charge in [-0.15, -0.1) is 0 Å². The maximum absolute atomic E-state index is 12.6. The Hall–Kier alpha value is -0.740. The molecule has 18 heavy (non-hydrogen) atoms. The average Bonchev–Trinajstić information content (AvgIpc) is 2.16. The van der Waals surface area contributed by atoms with Crippen molar-refractivity contribution < 1.29 is 49.0 Å². The predicted octanol–water partition coefficient (Wildman–Crippen LogP) is 3.18. The molecule has 1 nitrogen and oxygen atoms in total. The van der Waals surface area contributed by atoms with Crippen molar-refractivity contribution in [2.45, 2.75) is 36.5 Å². The molecule has 0 aliphatic carbocycles. The monoisotopic (exact) mass is 296 g/mol. The summed E-state index contributed by atoms with van der Waals surface area (Å²) in [5.41, 5.74) is 0. The van der Waals surface area contributed by atoms with Gasteiger partial charge in [-0.25, -0.2) is 8.78 Å². The highest BCUT2D eigenvalue weighted by molar-refractivity contribution is 5.04. The average molecular weight is 296 g/mol. The minimum Gasteiger partial charge on any atom is -0.396 e. The van der Waals surface area contributed by atoms with Gasteiger partial charge < -0.3 is 5.11 Å². The molecule has 0 radical (unpaired) electrons. The van der Waals surface area contributed by atoms with Gasteiger partial charge in [0.25, 0.3) is 0 Å². The summed E-state index contributed by atoms with van der Waals surface area (Å²) in [7, 11) is 0. The number of rotatable bonds is 6. The summed E-state index contributed by atoms with van der Waals surface area (Å²) >= 11 is 0. The largest absolute Gasteiger partial charge is 0.396 e. The molecule has 0 rings (SSSR count). The lowest BCUT2D eigenvalue weighted by Crippen LogP contribution is -2.64. The van der Waals surface area contributed by atoms with Gasteiger partial charge in [-0.3, -0.25) is 0 Å². The number of aliphatic hydroxyl groups is 1. The Morgan fingerprint density at radius 3 is 1.44 bits per heavy atom.